The summed E-state index contributed by atoms with van der Waals surface area (Å²) in [6, 6.07) is 14.5. The molecule has 1 aromatic carbocycles. The fourth-order valence-corrected chi connectivity index (χ4v) is 5.80. The first kappa shape index (κ1) is 25.7. The smallest absolute Gasteiger partial charge is 0.242 e. The van der Waals surface area contributed by atoms with Gasteiger partial charge in [-0.25, -0.2) is 4.98 Å². The number of aromatic nitrogens is 1. The number of hydrogen-bond donors (Lipinski definition) is 1. The summed E-state index contributed by atoms with van der Waals surface area (Å²) in [5.74, 6) is -0.120. The maximum Gasteiger partial charge on any atom is 0.242 e. The number of piperidine rings is 1. The molecular weight excluding hydrogens is 504 g/mol. The first-order valence-electron chi connectivity index (χ1n) is 11.2. The van der Waals surface area contributed by atoms with Crippen molar-refractivity contribution < 1.29 is 19.1 Å². The average molecular weight is 531 g/mol. The summed E-state index contributed by atoms with van der Waals surface area (Å²) in [6.45, 7) is 4.41. The summed E-state index contributed by atoms with van der Waals surface area (Å²) in [5, 5.41) is 6.61. The molecule has 3 aromatic rings. The topological polar surface area (TPSA) is 77.5 Å². The number of carbonyl (C=O) groups is 2. The van der Waals surface area contributed by atoms with Crippen LogP contribution in [0.5, 0.6) is 5.88 Å². The predicted octanol–water partition coefficient (Wildman–Crippen LogP) is 5.48. The number of halogens is 1. The fourth-order valence-electron chi connectivity index (χ4n) is 3.83. The van der Waals surface area contributed by atoms with E-state index in [-0.39, 0.29) is 23.7 Å². The van der Waals surface area contributed by atoms with Crippen molar-refractivity contribution in [2.45, 2.75) is 48.0 Å². The van der Waals surface area contributed by atoms with Crippen LogP contribution in [-0.2, 0) is 19.9 Å². The Morgan fingerprint density at radius 2 is 2.00 bits per heavy atom. The Kier molecular flexibility index (Phi) is 7.86. The van der Waals surface area contributed by atoms with Gasteiger partial charge in [0.1, 0.15) is 10.8 Å². The van der Waals surface area contributed by atoms with Crippen LogP contribution in [0.25, 0.3) is 0 Å². The summed E-state index contributed by atoms with van der Waals surface area (Å²) in [6.07, 6.45) is 0.756. The van der Waals surface area contributed by atoms with Crippen molar-refractivity contribution >= 4 is 46.4 Å². The summed E-state index contributed by atoms with van der Waals surface area (Å²) in [4.78, 5) is 32.2. The van der Waals surface area contributed by atoms with E-state index in [2.05, 4.69) is 5.32 Å². The summed E-state index contributed by atoms with van der Waals surface area (Å²) in [7, 11) is 1.67. The Balaban J connectivity index is 1.61. The van der Waals surface area contributed by atoms with Crippen molar-refractivity contribution in [3.05, 3.63) is 75.6 Å². The highest BCUT2D eigenvalue weighted by atomic mass is 35.5. The van der Waals surface area contributed by atoms with Gasteiger partial charge in [0.2, 0.25) is 11.8 Å². The molecule has 4 rings (SSSR count). The predicted molar refractivity (Wildman–Crippen MR) is 139 cm³/mol. The van der Waals surface area contributed by atoms with E-state index in [0.717, 1.165) is 5.56 Å². The van der Waals surface area contributed by atoms with Gasteiger partial charge in [-0.3, -0.25) is 9.59 Å². The number of nitrogens with one attached hydrogen (secondary N) is 1. The zero-order valence-electron chi connectivity index (χ0n) is 19.7. The number of nitrogens with zero attached hydrogens (tertiary/aromatic N) is 1. The van der Waals surface area contributed by atoms with Gasteiger partial charge in [-0.05, 0) is 54.4 Å². The number of methoxy groups -OCH3 is 1. The van der Waals surface area contributed by atoms with Gasteiger partial charge in [-0.2, -0.15) is 11.3 Å². The number of ether oxygens (including phenoxy) is 2. The van der Waals surface area contributed by atoms with Crippen LogP contribution < -0.4 is 10.1 Å². The Morgan fingerprint density at radius 3 is 2.69 bits per heavy atom. The third-order valence-electron chi connectivity index (χ3n) is 6.07. The van der Waals surface area contributed by atoms with Gasteiger partial charge in [-0.15, -0.1) is 11.8 Å². The maximum atomic E-state index is 13.4. The van der Waals surface area contributed by atoms with E-state index in [9.17, 15) is 9.59 Å². The van der Waals surface area contributed by atoms with Gasteiger partial charge >= 0.3 is 0 Å². The lowest BCUT2D eigenvalue weighted by molar-refractivity contribution is -0.133. The van der Waals surface area contributed by atoms with Gasteiger partial charge in [0.25, 0.3) is 0 Å². The molecule has 0 spiro atoms. The molecular formula is C26H27ClN2O4S2. The second-order valence-electron chi connectivity index (χ2n) is 8.90. The van der Waals surface area contributed by atoms with E-state index in [1.54, 1.807) is 19.2 Å². The van der Waals surface area contributed by atoms with Crippen LogP contribution in [0.4, 0.5) is 0 Å². The highest BCUT2D eigenvalue weighted by molar-refractivity contribution is 8.01. The summed E-state index contributed by atoms with van der Waals surface area (Å²) in [5.41, 5.74) is -0.0114. The monoisotopic (exact) mass is 530 g/mol. The first-order valence-corrected chi connectivity index (χ1v) is 13.4. The number of carbonyl (C=O) groups excluding carboxylic acids is 2. The van der Waals surface area contributed by atoms with Gasteiger partial charge in [0, 0.05) is 30.9 Å². The molecule has 2 unspecified atom stereocenters. The SMILES string of the molecule is COC(C)(C)CCOc1cccc(C2(c3ccsc3)CC(=O)C(Sc3ccccc3Cl)C(=O)N2)n1. The lowest BCUT2D eigenvalue weighted by Crippen LogP contribution is -2.58. The molecule has 2 atom stereocenters. The van der Waals surface area contributed by atoms with Crippen molar-refractivity contribution in [3.63, 3.8) is 0 Å². The second kappa shape index (κ2) is 10.7. The number of thioether (sulfide) groups is 1. The molecule has 0 radical (unpaired) electrons. The van der Waals surface area contributed by atoms with Crippen molar-refractivity contribution in [2.24, 2.45) is 0 Å². The first-order chi connectivity index (χ1) is 16.7. The van der Waals surface area contributed by atoms with Crippen LogP contribution in [0.1, 0.15) is 37.9 Å². The summed E-state index contributed by atoms with van der Waals surface area (Å²) < 4.78 is 11.3. The van der Waals surface area contributed by atoms with Crippen LogP contribution in [0, 0.1) is 0 Å². The molecule has 0 saturated carbocycles. The third-order valence-corrected chi connectivity index (χ3v) is 8.52. The highest BCUT2D eigenvalue weighted by Crippen LogP contribution is 2.41. The number of thiophene rings is 1. The lowest BCUT2D eigenvalue weighted by Gasteiger charge is -2.39. The third kappa shape index (κ3) is 5.72. The molecule has 0 bridgehead atoms. The van der Waals surface area contributed by atoms with Crippen LogP contribution >= 0.6 is 34.7 Å². The summed E-state index contributed by atoms with van der Waals surface area (Å²) >= 11 is 8.94. The normalized spacial score (nSPS) is 20.5. The Labute approximate surface area is 218 Å². The minimum atomic E-state index is -1.07. The number of pyridine rings is 1. The molecule has 1 N–H and O–H groups in total. The van der Waals surface area contributed by atoms with Crippen LogP contribution in [0.15, 0.2) is 64.2 Å². The largest absolute Gasteiger partial charge is 0.478 e. The van der Waals surface area contributed by atoms with Crippen molar-refractivity contribution in [3.8, 4) is 5.88 Å². The maximum absolute atomic E-state index is 13.4. The van der Waals surface area contributed by atoms with Crippen molar-refractivity contribution in [2.75, 3.05) is 13.7 Å². The van der Waals surface area contributed by atoms with E-state index < -0.39 is 10.8 Å². The van der Waals surface area contributed by atoms with Crippen LogP contribution in [-0.4, -0.2) is 41.2 Å². The number of Topliss-reactive ketones (excluding diaryl/α,β-unsaturated/α-hetero) is 1. The van der Waals surface area contributed by atoms with Gasteiger partial charge in [0.15, 0.2) is 5.78 Å². The number of benzene rings is 1. The second-order valence-corrected chi connectivity index (χ2v) is 11.2. The number of rotatable bonds is 9. The van der Waals surface area contributed by atoms with E-state index in [1.807, 2.05) is 61.0 Å². The number of amides is 1. The Hall–Kier alpha value is -2.39. The molecule has 1 saturated heterocycles. The number of hydrogen-bond acceptors (Lipinski definition) is 7. The molecule has 1 aliphatic heterocycles. The van der Waals surface area contributed by atoms with Gasteiger partial charge < -0.3 is 14.8 Å². The van der Waals surface area contributed by atoms with Gasteiger partial charge in [-0.1, -0.05) is 29.8 Å². The standard InChI is InChI=1S/C26H27ClN2O4S2/c1-25(2,32-3)12-13-33-22-10-6-9-21(28-22)26(17-11-14-34-16-17)15-19(30)23(24(31)29-26)35-20-8-5-4-7-18(20)27/h4-11,14,16,23H,12-13,15H2,1-3H3,(H,29,31). The quantitative estimate of drug-likeness (QED) is 0.369. The van der Waals surface area contributed by atoms with Gasteiger partial charge in [0.05, 0.1) is 22.9 Å². The van der Waals surface area contributed by atoms with E-state index in [0.29, 0.717) is 34.5 Å². The molecule has 9 heteroatoms. The molecule has 1 fully saturated rings. The van der Waals surface area contributed by atoms with E-state index >= 15 is 0 Å². The molecule has 184 valence electrons. The van der Waals surface area contributed by atoms with Crippen molar-refractivity contribution in [1.29, 1.82) is 0 Å². The Morgan fingerprint density at radius 1 is 1.20 bits per heavy atom. The number of ketones is 1. The van der Waals surface area contributed by atoms with Crippen LogP contribution in [0.3, 0.4) is 0 Å². The average Bonchev–Trinajstić information content (AvgIpc) is 3.38. The lowest BCUT2D eigenvalue weighted by atomic mass is 9.79. The van der Waals surface area contributed by atoms with E-state index in [4.69, 9.17) is 26.1 Å². The molecule has 3 heterocycles. The highest BCUT2D eigenvalue weighted by Gasteiger charge is 2.48. The van der Waals surface area contributed by atoms with Crippen LogP contribution in [0.2, 0.25) is 5.02 Å². The molecule has 2 aromatic heterocycles. The molecule has 0 aliphatic carbocycles. The van der Waals surface area contributed by atoms with Crippen molar-refractivity contribution in [1.82, 2.24) is 10.3 Å². The molecule has 6 nitrogen and oxygen atoms in total. The fraction of sp³-hybridized carbons (Fsp3) is 0.346. The zero-order chi connectivity index (χ0) is 25.1. The minimum absolute atomic E-state index is 0.0742. The Bertz CT molecular complexity index is 1180. The molecule has 1 amide bonds. The minimum Gasteiger partial charge on any atom is -0.478 e. The molecule has 35 heavy (non-hydrogen) atoms. The van der Waals surface area contributed by atoms with E-state index in [1.165, 1.54) is 23.1 Å². The zero-order valence-corrected chi connectivity index (χ0v) is 22.1. The molecule has 1 aliphatic rings.